The van der Waals surface area contributed by atoms with Crippen molar-refractivity contribution in [1.29, 1.82) is 0 Å². The van der Waals surface area contributed by atoms with Crippen molar-refractivity contribution in [2.24, 2.45) is 5.92 Å². The van der Waals surface area contributed by atoms with E-state index in [0.29, 0.717) is 35.0 Å². The summed E-state index contributed by atoms with van der Waals surface area (Å²) in [6.07, 6.45) is 5.80. The summed E-state index contributed by atoms with van der Waals surface area (Å²) in [7, 11) is 1.58. The second-order valence-corrected chi connectivity index (χ2v) is 9.75. The minimum Gasteiger partial charge on any atom is -0.497 e. The number of rotatable bonds is 8. The van der Waals surface area contributed by atoms with E-state index in [1.807, 2.05) is 24.3 Å². The van der Waals surface area contributed by atoms with Gasteiger partial charge in [-0.1, -0.05) is 12.1 Å². The monoisotopic (exact) mass is 497 g/mol. The standard InChI is InChI=1S/C27H31NO6S/c1-4-33-26(30)23-20(16-9-8-10-18(13-16)32-3)14-17(15-21(23)29)28-25-24(27(31)34-5-2)19-11-6-7-12-22(19)35-25/h8-10,13,15,20,23,28H,4-7,11-12,14H2,1-3H3/t20-,23-/m1/s1. The summed E-state index contributed by atoms with van der Waals surface area (Å²) in [5.74, 6) is -1.90. The normalized spacial score (nSPS) is 19.4. The van der Waals surface area contributed by atoms with Crippen LogP contribution in [0.1, 0.15) is 65.4 Å². The van der Waals surface area contributed by atoms with E-state index in [1.165, 1.54) is 11.0 Å². The van der Waals surface area contributed by atoms with Gasteiger partial charge in [-0.05, 0) is 69.2 Å². The minimum atomic E-state index is -0.936. The second-order valence-electron chi connectivity index (χ2n) is 8.65. The summed E-state index contributed by atoms with van der Waals surface area (Å²) >= 11 is 1.55. The lowest BCUT2D eigenvalue weighted by Crippen LogP contribution is -2.35. The number of methoxy groups -OCH3 is 1. The Morgan fingerprint density at radius 1 is 1.11 bits per heavy atom. The summed E-state index contributed by atoms with van der Waals surface area (Å²) in [6.45, 7) is 4.01. The Balaban J connectivity index is 1.70. The topological polar surface area (TPSA) is 90.9 Å². The number of hydrogen-bond acceptors (Lipinski definition) is 8. The van der Waals surface area contributed by atoms with Crippen molar-refractivity contribution in [2.75, 3.05) is 25.6 Å². The predicted octanol–water partition coefficient (Wildman–Crippen LogP) is 5.04. The molecule has 2 aliphatic carbocycles. The molecule has 0 amide bonds. The summed E-state index contributed by atoms with van der Waals surface area (Å²) in [4.78, 5) is 40.1. The molecule has 1 aromatic carbocycles. The number of hydrogen-bond donors (Lipinski definition) is 1. The van der Waals surface area contributed by atoms with E-state index in [2.05, 4.69) is 5.32 Å². The Labute approximate surface area is 209 Å². The van der Waals surface area contributed by atoms with E-state index in [0.717, 1.165) is 36.8 Å². The summed E-state index contributed by atoms with van der Waals surface area (Å²) in [5, 5.41) is 4.07. The highest BCUT2D eigenvalue weighted by Gasteiger charge is 2.40. The average Bonchev–Trinajstić information content (AvgIpc) is 3.21. The molecule has 0 fully saturated rings. The maximum absolute atomic E-state index is 13.2. The highest BCUT2D eigenvalue weighted by molar-refractivity contribution is 7.16. The summed E-state index contributed by atoms with van der Waals surface area (Å²) in [6, 6.07) is 7.41. The van der Waals surface area contributed by atoms with E-state index < -0.39 is 17.8 Å². The first-order chi connectivity index (χ1) is 17.0. The highest BCUT2D eigenvalue weighted by atomic mass is 32.1. The first-order valence-corrected chi connectivity index (χ1v) is 12.9. The van der Waals surface area contributed by atoms with Gasteiger partial charge >= 0.3 is 11.9 Å². The van der Waals surface area contributed by atoms with Crippen LogP contribution in [0.15, 0.2) is 36.0 Å². The molecule has 1 aromatic heterocycles. The lowest BCUT2D eigenvalue weighted by atomic mass is 9.76. The maximum Gasteiger partial charge on any atom is 0.341 e. The van der Waals surface area contributed by atoms with Gasteiger partial charge < -0.3 is 19.5 Å². The number of nitrogens with one attached hydrogen (secondary N) is 1. The molecule has 0 spiro atoms. The smallest absolute Gasteiger partial charge is 0.341 e. The van der Waals surface area contributed by atoms with Gasteiger partial charge in [0.1, 0.15) is 16.7 Å². The quantitative estimate of drug-likeness (QED) is 0.403. The van der Waals surface area contributed by atoms with Gasteiger partial charge in [-0.2, -0.15) is 0 Å². The zero-order valence-corrected chi connectivity index (χ0v) is 21.2. The number of allylic oxidation sites excluding steroid dienone is 2. The van der Waals surface area contributed by atoms with Crippen LogP contribution in [0.2, 0.25) is 0 Å². The minimum absolute atomic E-state index is 0.200. The summed E-state index contributed by atoms with van der Waals surface area (Å²) < 4.78 is 16.0. The fourth-order valence-electron chi connectivity index (χ4n) is 4.87. The molecular weight excluding hydrogens is 466 g/mol. The largest absolute Gasteiger partial charge is 0.497 e. The molecule has 1 heterocycles. The number of ketones is 1. The first-order valence-electron chi connectivity index (χ1n) is 12.1. The zero-order valence-electron chi connectivity index (χ0n) is 20.3. The molecule has 0 saturated carbocycles. The number of benzene rings is 1. The number of carbonyl (C=O) groups excluding carboxylic acids is 3. The molecule has 0 radical (unpaired) electrons. The van der Waals surface area contributed by atoms with Crippen LogP contribution in [0, 0.1) is 5.92 Å². The molecule has 0 bridgehead atoms. The number of aryl methyl sites for hydroxylation is 1. The van der Waals surface area contributed by atoms with Crippen LogP contribution in [0.3, 0.4) is 0 Å². The molecule has 0 aliphatic heterocycles. The van der Waals surface area contributed by atoms with Crippen molar-refractivity contribution in [3.63, 3.8) is 0 Å². The van der Waals surface area contributed by atoms with E-state index in [-0.39, 0.29) is 18.4 Å². The van der Waals surface area contributed by atoms with Crippen LogP contribution in [-0.2, 0) is 31.9 Å². The van der Waals surface area contributed by atoms with E-state index in [1.54, 1.807) is 32.3 Å². The SMILES string of the molecule is CCOC(=O)c1c(NC2=CC(=O)[C@H](C(=O)OCC)[C@@H](c3cccc(OC)c3)C2)sc2c1CCCC2. The highest BCUT2D eigenvalue weighted by Crippen LogP contribution is 2.42. The van der Waals surface area contributed by atoms with Crippen LogP contribution < -0.4 is 10.1 Å². The second kappa shape index (κ2) is 11.1. The molecule has 1 N–H and O–H groups in total. The van der Waals surface area contributed by atoms with Crippen LogP contribution in [-0.4, -0.2) is 38.0 Å². The van der Waals surface area contributed by atoms with Crippen molar-refractivity contribution in [3.8, 4) is 5.75 Å². The van der Waals surface area contributed by atoms with E-state index >= 15 is 0 Å². The Hall–Kier alpha value is -3.13. The Morgan fingerprint density at radius 3 is 2.63 bits per heavy atom. The number of carbonyl (C=O) groups is 3. The maximum atomic E-state index is 13.2. The van der Waals surface area contributed by atoms with Gasteiger partial charge in [0, 0.05) is 22.6 Å². The van der Waals surface area contributed by atoms with E-state index in [4.69, 9.17) is 14.2 Å². The molecule has 4 rings (SSSR count). The molecule has 2 atom stereocenters. The van der Waals surface area contributed by atoms with Gasteiger partial charge in [0.2, 0.25) is 0 Å². The molecular formula is C27H31NO6S. The van der Waals surface area contributed by atoms with Gasteiger partial charge in [0.25, 0.3) is 0 Å². The number of fused-ring (bicyclic) bond motifs is 1. The van der Waals surface area contributed by atoms with Crippen LogP contribution in [0.5, 0.6) is 5.75 Å². The average molecular weight is 498 g/mol. The molecule has 35 heavy (non-hydrogen) atoms. The lowest BCUT2D eigenvalue weighted by molar-refractivity contribution is -0.151. The van der Waals surface area contributed by atoms with Crippen molar-refractivity contribution in [2.45, 2.75) is 51.9 Å². The molecule has 0 unspecified atom stereocenters. The van der Waals surface area contributed by atoms with Gasteiger partial charge in [0.05, 0.1) is 25.9 Å². The molecule has 8 heteroatoms. The third kappa shape index (κ3) is 5.27. The van der Waals surface area contributed by atoms with Crippen molar-refractivity contribution < 1.29 is 28.6 Å². The lowest BCUT2D eigenvalue weighted by Gasteiger charge is -2.30. The number of thiophene rings is 1. The number of esters is 2. The summed E-state index contributed by atoms with van der Waals surface area (Å²) in [5.41, 5.74) is 3.11. The fourth-order valence-corrected chi connectivity index (χ4v) is 6.19. The van der Waals surface area contributed by atoms with Gasteiger partial charge in [-0.15, -0.1) is 11.3 Å². The van der Waals surface area contributed by atoms with E-state index in [9.17, 15) is 14.4 Å². The Kier molecular flexibility index (Phi) is 7.90. The predicted molar refractivity (Wildman–Crippen MR) is 134 cm³/mol. The molecule has 186 valence electrons. The molecule has 2 aromatic rings. The zero-order chi connectivity index (χ0) is 24.9. The molecule has 0 saturated heterocycles. The van der Waals surface area contributed by atoms with Crippen LogP contribution in [0.4, 0.5) is 5.00 Å². The third-order valence-corrected chi connectivity index (χ3v) is 7.66. The van der Waals surface area contributed by atoms with Crippen molar-refractivity contribution >= 4 is 34.1 Å². The number of ether oxygens (including phenoxy) is 3. The van der Waals surface area contributed by atoms with Crippen LogP contribution in [0.25, 0.3) is 0 Å². The first kappa shape index (κ1) is 25.0. The Morgan fingerprint density at radius 2 is 1.89 bits per heavy atom. The third-order valence-electron chi connectivity index (χ3n) is 6.45. The molecule has 7 nitrogen and oxygen atoms in total. The number of anilines is 1. The van der Waals surface area contributed by atoms with Crippen molar-refractivity contribution in [3.05, 3.63) is 57.6 Å². The van der Waals surface area contributed by atoms with Crippen LogP contribution >= 0.6 is 11.3 Å². The van der Waals surface area contributed by atoms with Gasteiger partial charge in [0.15, 0.2) is 5.78 Å². The van der Waals surface area contributed by atoms with Gasteiger partial charge in [-0.3, -0.25) is 9.59 Å². The van der Waals surface area contributed by atoms with Gasteiger partial charge in [-0.25, -0.2) is 4.79 Å². The fraction of sp³-hybridized carbons (Fsp3) is 0.444. The van der Waals surface area contributed by atoms with Crippen molar-refractivity contribution in [1.82, 2.24) is 0 Å². The Bertz CT molecular complexity index is 1150. The molecule has 2 aliphatic rings.